The van der Waals surface area contributed by atoms with E-state index < -0.39 is 0 Å². The molecule has 1 aromatic rings. The zero-order valence-corrected chi connectivity index (χ0v) is 11.2. The molecule has 2 rings (SSSR count). The Morgan fingerprint density at radius 2 is 2.06 bits per heavy atom. The third-order valence-electron chi connectivity index (χ3n) is 3.42. The lowest BCUT2D eigenvalue weighted by molar-refractivity contribution is 0.222. The Balaban J connectivity index is 2.01. The number of ether oxygens (including phenoxy) is 1. The summed E-state index contributed by atoms with van der Waals surface area (Å²) in [5.41, 5.74) is 9.72. The van der Waals surface area contributed by atoms with Gasteiger partial charge in [0, 0.05) is 31.9 Å². The molecular formula is C15H22N2O. The summed E-state index contributed by atoms with van der Waals surface area (Å²) in [5, 5.41) is 0. The lowest BCUT2D eigenvalue weighted by Gasteiger charge is -2.28. The maximum Gasteiger partial charge on any atom is 0.0674 e. The maximum absolute atomic E-state index is 5.86. The highest BCUT2D eigenvalue weighted by Crippen LogP contribution is 2.21. The van der Waals surface area contributed by atoms with Crippen LogP contribution in [0.25, 0.3) is 0 Å². The van der Waals surface area contributed by atoms with Crippen molar-refractivity contribution in [3.8, 4) is 0 Å². The Hall–Kier alpha value is -1.32. The molecule has 1 aliphatic rings. The summed E-state index contributed by atoms with van der Waals surface area (Å²) in [6.07, 6.45) is 3.36. The van der Waals surface area contributed by atoms with Crippen LogP contribution in [0.15, 0.2) is 35.9 Å². The Kier molecular flexibility index (Phi) is 4.39. The van der Waals surface area contributed by atoms with Crippen LogP contribution in [0.5, 0.6) is 0 Å². The van der Waals surface area contributed by atoms with E-state index in [1.807, 2.05) is 6.92 Å². The van der Waals surface area contributed by atoms with Crippen LogP contribution < -0.4 is 10.6 Å². The predicted molar refractivity (Wildman–Crippen MR) is 75.8 cm³/mol. The molecular weight excluding hydrogens is 224 g/mol. The van der Waals surface area contributed by atoms with Gasteiger partial charge < -0.3 is 15.4 Å². The summed E-state index contributed by atoms with van der Waals surface area (Å²) in [6, 6.07) is 8.67. The molecule has 0 aliphatic carbocycles. The van der Waals surface area contributed by atoms with Crippen molar-refractivity contribution in [1.29, 1.82) is 0 Å². The van der Waals surface area contributed by atoms with Crippen molar-refractivity contribution in [2.24, 2.45) is 5.73 Å². The summed E-state index contributed by atoms with van der Waals surface area (Å²) in [4.78, 5) is 2.38. The number of nitrogens with two attached hydrogens (primary N) is 1. The van der Waals surface area contributed by atoms with Crippen LogP contribution >= 0.6 is 0 Å². The minimum atomic E-state index is 0.105. The molecule has 1 atom stereocenters. The third-order valence-corrected chi connectivity index (χ3v) is 3.42. The molecule has 0 spiro atoms. The standard InChI is InChI=1S/C15H22N2O/c1-12(16)14-3-5-15(6-4-14)17-9-7-13(8-10-17)11-18-2/h3-7,12H,8-11,16H2,1-2H3/t12-/m1/s1. The van der Waals surface area contributed by atoms with Crippen molar-refractivity contribution in [3.63, 3.8) is 0 Å². The van der Waals surface area contributed by atoms with Crippen LogP contribution in [0.1, 0.15) is 24.9 Å². The molecule has 18 heavy (non-hydrogen) atoms. The monoisotopic (exact) mass is 246 g/mol. The molecule has 0 saturated heterocycles. The van der Waals surface area contributed by atoms with Gasteiger partial charge in [0.1, 0.15) is 0 Å². The largest absolute Gasteiger partial charge is 0.380 e. The SMILES string of the molecule is COCC1=CCN(c2ccc([C@@H](C)N)cc2)CC1. The Morgan fingerprint density at radius 1 is 1.33 bits per heavy atom. The van der Waals surface area contributed by atoms with Crippen LogP contribution in [0.2, 0.25) is 0 Å². The fourth-order valence-electron chi connectivity index (χ4n) is 2.25. The van der Waals surface area contributed by atoms with Gasteiger partial charge in [-0.2, -0.15) is 0 Å². The number of rotatable bonds is 4. The average molecular weight is 246 g/mol. The fourth-order valence-corrected chi connectivity index (χ4v) is 2.25. The maximum atomic E-state index is 5.86. The molecule has 1 aromatic carbocycles. The van der Waals surface area contributed by atoms with Crippen LogP contribution in [-0.2, 0) is 4.74 Å². The molecule has 0 saturated carbocycles. The molecule has 0 unspecified atom stereocenters. The van der Waals surface area contributed by atoms with Gasteiger partial charge in [-0.15, -0.1) is 0 Å². The molecule has 0 amide bonds. The van der Waals surface area contributed by atoms with Gasteiger partial charge in [0.2, 0.25) is 0 Å². The molecule has 0 aromatic heterocycles. The van der Waals surface area contributed by atoms with Crippen molar-refractivity contribution in [3.05, 3.63) is 41.5 Å². The second-order valence-electron chi connectivity index (χ2n) is 4.87. The Morgan fingerprint density at radius 3 is 2.56 bits per heavy atom. The first-order chi connectivity index (χ1) is 8.70. The predicted octanol–water partition coefficient (Wildman–Crippen LogP) is 2.49. The molecule has 0 bridgehead atoms. The quantitative estimate of drug-likeness (QED) is 0.830. The van der Waals surface area contributed by atoms with Gasteiger partial charge in [0.15, 0.2) is 0 Å². The van der Waals surface area contributed by atoms with Crippen LogP contribution in [0.3, 0.4) is 0 Å². The highest BCUT2D eigenvalue weighted by atomic mass is 16.5. The molecule has 3 heteroatoms. The fraction of sp³-hybridized carbons (Fsp3) is 0.467. The molecule has 2 N–H and O–H groups in total. The van der Waals surface area contributed by atoms with E-state index in [0.717, 1.165) is 26.1 Å². The van der Waals surface area contributed by atoms with Gasteiger partial charge in [-0.25, -0.2) is 0 Å². The first-order valence-corrected chi connectivity index (χ1v) is 6.48. The van der Waals surface area contributed by atoms with E-state index in [1.54, 1.807) is 7.11 Å². The lowest BCUT2D eigenvalue weighted by atomic mass is 10.1. The summed E-state index contributed by atoms with van der Waals surface area (Å²) in [5.74, 6) is 0. The number of benzene rings is 1. The van der Waals surface area contributed by atoms with Gasteiger partial charge in [-0.1, -0.05) is 18.2 Å². The number of methoxy groups -OCH3 is 1. The van der Waals surface area contributed by atoms with Crippen molar-refractivity contribution in [2.75, 3.05) is 31.7 Å². The first kappa shape index (κ1) is 13.1. The van der Waals surface area contributed by atoms with E-state index in [-0.39, 0.29) is 6.04 Å². The van der Waals surface area contributed by atoms with E-state index in [1.165, 1.54) is 16.8 Å². The van der Waals surface area contributed by atoms with Crippen molar-refractivity contribution in [1.82, 2.24) is 0 Å². The minimum absolute atomic E-state index is 0.105. The molecule has 3 nitrogen and oxygen atoms in total. The normalized spacial score (nSPS) is 17.5. The molecule has 1 aliphatic heterocycles. The van der Waals surface area contributed by atoms with Crippen LogP contribution in [0, 0.1) is 0 Å². The number of hydrogen-bond acceptors (Lipinski definition) is 3. The summed E-state index contributed by atoms with van der Waals surface area (Å²) < 4.78 is 5.16. The number of nitrogens with zero attached hydrogens (tertiary/aromatic N) is 1. The topological polar surface area (TPSA) is 38.5 Å². The second-order valence-corrected chi connectivity index (χ2v) is 4.87. The van der Waals surface area contributed by atoms with Gasteiger partial charge in [-0.3, -0.25) is 0 Å². The van der Waals surface area contributed by atoms with Gasteiger partial charge >= 0.3 is 0 Å². The Labute approximate surface area is 109 Å². The third kappa shape index (κ3) is 3.12. The van der Waals surface area contributed by atoms with E-state index >= 15 is 0 Å². The first-order valence-electron chi connectivity index (χ1n) is 6.48. The van der Waals surface area contributed by atoms with Crippen molar-refractivity contribution < 1.29 is 4.74 Å². The highest BCUT2D eigenvalue weighted by molar-refractivity contribution is 5.49. The average Bonchev–Trinajstić information content (AvgIpc) is 2.40. The molecule has 98 valence electrons. The van der Waals surface area contributed by atoms with Crippen LogP contribution in [-0.4, -0.2) is 26.8 Å². The highest BCUT2D eigenvalue weighted by Gasteiger charge is 2.12. The summed E-state index contributed by atoms with van der Waals surface area (Å²) in [7, 11) is 1.75. The number of hydrogen-bond donors (Lipinski definition) is 1. The van der Waals surface area contributed by atoms with Gasteiger partial charge in [0.25, 0.3) is 0 Å². The van der Waals surface area contributed by atoms with E-state index in [0.29, 0.717) is 0 Å². The van der Waals surface area contributed by atoms with Crippen molar-refractivity contribution in [2.45, 2.75) is 19.4 Å². The zero-order valence-electron chi connectivity index (χ0n) is 11.2. The Bertz CT molecular complexity index is 409. The van der Waals surface area contributed by atoms with E-state index in [9.17, 15) is 0 Å². The molecule has 0 radical (unpaired) electrons. The van der Waals surface area contributed by atoms with Crippen LogP contribution in [0.4, 0.5) is 5.69 Å². The second kappa shape index (κ2) is 6.03. The smallest absolute Gasteiger partial charge is 0.0674 e. The number of anilines is 1. The lowest BCUT2D eigenvalue weighted by Crippen LogP contribution is -2.29. The summed E-state index contributed by atoms with van der Waals surface area (Å²) >= 11 is 0. The zero-order chi connectivity index (χ0) is 13.0. The molecule has 0 fully saturated rings. The minimum Gasteiger partial charge on any atom is -0.380 e. The van der Waals surface area contributed by atoms with E-state index in [2.05, 4.69) is 35.2 Å². The van der Waals surface area contributed by atoms with E-state index in [4.69, 9.17) is 10.5 Å². The van der Waals surface area contributed by atoms with Crippen molar-refractivity contribution >= 4 is 5.69 Å². The van der Waals surface area contributed by atoms with Gasteiger partial charge in [0.05, 0.1) is 6.61 Å². The van der Waals surface area contributed by atoms with Gasteiger partial charge in [-0.05, 0) is 36.6 Å². The summed E-state index contributed by atoms with van der Waals surface area (Å²) in [6.45, 7) is 4.80. The molecule has 1 heterocycles.